The van der Waals surface area contributed by atoms with E-state index in [1.54, 1.807) is 42.5 Å². The molecule has 0 aromatic heterocycles. The summed E-state index contributed by atoms with van der Waals surface area (Å²) in [5, 5.41) is 15.6. The number of aromatic carboxylic acids is 1. The van der Waals surface area contributed by atoms with E-state index in [9.17, 15) is 14.7 Å². The lowest BCUT2D eigenvalue weighted by atomic mass is 10.1. The van der Waals surface area contributed by atoms with E-state index in [0.717, 1.165) is 5.56 Å². The van der Waals surface area contributed by atoms with Gasteiger partial charge in [0.1, 0.15) is 17.4 Å². The third-order valence-corrected chi connectivity index (χ3v) is 4.80. The van der Waals surface area contributed by atoms with E-state index in [1.807, 2.05) is 12.1 Å². The van der Waals surface area contributed by atoms with Gasteiger partial charge in [0.15, 0.2) is 0 Å². The van der Waals surface area contributed by atoms with E-state index in [2.05, 4.69) is 10.6 Å². The van der Waals surface area contributed by atoms with Crippen LogP contribution < -0.4 is 15.4 Å². The molecule has 0 aliphatic heterocycles. The highest BCUT2D eigenvalue weighted by molar-refractivity contribution is 6.40. The summed E-state index contributed by atoms with van der Waals surface area (Å²) in [6, 6.07) is 16.9. The minimum atomic E-state index is -1.07. The van der Waals surface area contributed by atoms with Crippen molar-refractivity contribution in [3.05, 3.63) is 81.8 Å². The number of ether oxygens (including phenoxy) is 1. The van der Waals surface area contributed by atoms with Crippen LogP contribution in [0.25, 0.3) is 0 Å². The average Bonchev–Trinajstić information content (AvgIpc) is 2.70. The molecule has 0 saturated carbocycles. The van der Waals surface area contributed by atoms with Gasteiger partial charge < -0.3 is 20.5 Å². The number of carboxylic acid groups (broad SMARTS) is 1. The number of rotatable bonds is 7. The molecule has 0 radical (unpaired) electrons. The first-order valence-electron chi connectivity index (χ1n) is 8.92. The smallest absolute Gasteiger partial charge is 0.337 e. The number of amides is 1. The van der Waals surface area contributed by atoms with Crippen LogP contribution in [0.4, 0.5) is 17.1 Å². The molecular weight excluding hydrogens is 427 g/mol. The highest BCUT2D eigenvalue weighted by Crippen LogP contribution is 2.40. The second-order valence-corrected chi connectivity index (χ2v) is 7.17. The van der Waals surface area contributed by atoms with Crippen LogP contribution in [-0.4, -0.2) is 17.0 Å². The zero-order chi connectivity index (χ0) is 21.7. The van der Waals surface area contributed by atoms with Gasteiger partial charge in [-0.2, -0.15) is 0 Å². The van der Waals surface area contributed by atoms with E-state index in [4.69, 9.17) is 27.9 Å². The fourth-order valence-corrected chi connectivity index (χ4v) is 3.30. The van der Waals surface area contributed by atoms with Crippen LogP contribution in [0.3, 0.4) is 0 Å². The fourth-order valence-electron chi connectivity index (χ4n) is 2.78. The molecule has 1 amide bonds. The number of halogens is 2. The van der Waals surface area contributed by atoms with Gasteiger partial charge in [-0.1, -0.05) is 47.5 Å². The number of nitrogens with one attached hydrogen (secondary N) is 2. The zero-order valence-electron chi connectivity index (χ0n) is 15.9. The van der Waals surface area contributed by atoms with Gasteiger partial charge in [0.2, 0.25) is 5.91 Å². The Bertz CT molecular complexity index is 1100. The molecule has 0 atom stereocenters. The maximum absolute atomic E-state index is 11.4. The summed E-state index contributed by atoms with van der Waals surface area (Å²) in [6.45, 7) is 1.65. The summed E-state index contributed by atoms with van der Waals surface area (Å²) in [6.07, 6.45) is 0. The molecule has 0 aliphatic rings. The minimum absolute atomic E-state index is 0.0886. The van der Waals surface area contributed by atoms with Crippen LogP contribution in [0, 0.1) is 0 Å². The third kappa shape index (κ3) is 5.23. The first-order chi connectivity index (χ1) is 14.3. The van der Waals surface area contributed by atoms with Gasteiger partial charge in [-0.3, -0.25) is 4.79 Å². The molecule has 0 aliphatic carbocycles. The van der Waals surface area contributed by atoms with Crippen molar-refractivity contribution in [2.45, 2.75) is 13.5 Å². The third-order valence-electron chi connectivity index (χ3n) is 4.11. The number of carbonyl (C=O) groups excluding carboxylic acids is 1. The van der Waals surface area contributed by atoms with Crippen molar-refractivity contribution < 1.29 is 19.4 Å². The number of anilines is 3. The van der Waals surface area contributed by atoms with Crippen molar-refractivity contribution in [3.63, 3.8) is 0 Å². The molecule has 0 heterocycles. The Morgan fingerprint density at radius 3 is 2.53 bits per heavy atom. The Kier molecular flexibility index (Phi) is 6.82. The normalized spacial score (nSPS) is 10.4. The van der Waals surface area contributed by atoms with Gasteiger partial charge in [0.25, 0.3) is 0 Å². The van der Waals surface area contributed by atoms with E-state index in [0.29, 0.717) is 27.8 Å². The molecule has 0 spiro atoms. The largest absolute Gasteiger partial charge is 0.487 e. The highest BCUT2D eigenvalue weighted by atomic mass is 35.5. The van der Waals surface area contributed by atoms with Gasteiger partial charge >= 0.3 is 5.97 Å². The van der Waals surface area contributed by atoms with Gasteiger partial charge in [-0.05, 0) is 42.0 Å². The van der Waals surface area contributed by atoms with Crippen LogP contribution in [0.2, 0.25) is 10.0 Å². The summed E-state index contributed by atoms with van der Waals surface area (Å²) in [5.41, 5.74) is 2.28. The van der Waals surface area contributed by atoms with Crippen LogP contribution in [0.5, 0.6) is 5.75 Å². The van der Waals surface area contributed by atoms with Crippen LogP contribution in [-0.2, 0) is 11.4 Å². The first kappa shape index (κ1) is 21.5. The Morgan fingerprint density at radius 2 is 1.80 bits per heavy atom. The lowest BCUT2D eigenvalue weighted by Crippen LogP contribution is -2.06. The van der Waals surface area contributed by atoms with Gasteiger partial charge in [-0.15, -0.1) is 0 Å². The summed E-state index contributed by atoms with van der Waals surface area (Å²) in [4.78, 5) is 22.7. The van der Waals surface area contributed by atoms with Crippen LogP contribution in [0.15, 0.2) is 60.7 Å². The number of para-hydroxylation sites is 1. The lowest BCUT2D eigenvalue weighted by Gasteiger charge is -2.16. The fraction of sp³-hybridized carbons (Fsp3) is 0.0909. The molecule has 3 aromatic carbocycles. The average molecular weight is 445 g/mol. The summed E-state index contributed by atoms with van der Waals surface area (Å²) in [7, 11) is 0. The molecule has 0 unspecified atom stereocenters. The van der Waals surface area contributed by atoms with E-state index < -0.39 is 5.97 Å². The molecular formula is C22H18Cl2N2O4. The maximum Gasteiger partial charge on any atom is 0.337 e. The van der Waals surface area contributed by atoms with E-state index >= 15 is 0 Å². The topological polar surface area (TPSA) is 87.7 Å². The second-order valence-electron chi connectivity index (χ2n) is 6.38. The Balaban J connectivity index is 1.82. The quantitative estimate of drug-likeness (QED) is 0.417. The van der Waals surface area contributed by atoms with Crippen LogP contribution in [0.1, 0.15) is 22.8 Å². The van der Waals surface area contributed by atoms with Gasteiger partial charge in [0, 0.05) is 12.6 Å². The zero-order valence-corrected chi connectivity index (χ0v) is 17.4. The van der Waals surface area contributed by atoms with Crippen molar-refractivity contribution in [1.29, 1.82) is 0 Å². The predicted octanol–water partition coefficient (Wildman–Crippen LogP) is 5.97. The SMILES string of the molecule is CC(=O)Nc1cccc(COc2ccc(Cl)c(Nc3ccccc3C(=O)O)c2Cl)c1. The lowest BCUT2D eigenvalue weighted by molar-refractivity contribution is -0.114. The molecule has 8 heteroatoms. The van der Waals surface area contributed by atoms with Gasteiger partial charge in [-0.25, -0.2) is 4.79 Å². The Morgan fingerprint density at radius 1 is 1.03 bits per heavy atom. The highest BCUT2D eigenvalue weighted by Gasteiger charge is 2.16. The first-order valence-corrected chi connectivity index (χ1v) is 9.67. The molecule has 3 rings (SSSR count). The van der Waals surface area contributed by atoms with E-state index in [-0.39, 0.29) is 23.1 Å². The van der Waals surface area contributed by atoms with Crippen LogP contribution >= 0.6 is 23.2 Å². The Labute approximate surface area is 183 Å². The summed E-state index contributed by atoms with van der Waals surface area (Å²) < 4.78 is 5.83. The summed E-state index contributed by atoms with van der Waals surface area (Å²) >= 11 is 12.8. The molecule has 0 bridgehead atoms. The predicted molar refractivity (Wildman–Crippen MR) is 118 cm³/mol. The Hall–Kier alpha value is -3.22. The number of benzene rings is 3. The monoisotopic (exact) mass is 444 g/mol. The molecule has 154 valence electrons. The number of carbonyl (C=O) groups is 2. The molecule has 3 N–H and O–H groups in total. The number of carboxylic acids is 1. The summed E-state index contributed by atoms with van der Waals surface area (Å²) in [5.74, 6) is -0.857. The number of hydrogen-bond donors (Lipinski definition) is 3. The van der Waals surface area contributed by atoms with E-state index in [1.165, 1.54) is 13.0 Å². The molecule has 3 aromatic rings. The molecule has 30 heavy (non-hydrogen) atoms. The van der Waals surface area contributed by atoms with Crippen molar-refractivity contribution in [1.82, 2.24) is 0 Å². The molecule has 0 saturated heterocycles. The molecule has 6 nitrogen and oxygen atoms in total. The van der Waals surface area contributed by atoms with Crippen molar-refractivity contribution in [3.8, 4) is 5.75 Å². The second kappa shape index (κ2) is 9.52. The standard InChI is InChI=1S/C22H18Cl2N2O4/c1-13(27)25-15-6-4-5-14(11-15)12-30-19-10-9-17(23)21(20(19)24)26-18-8-3-2-7-16(18)22(28)29/h2-11,26H,12H2,1H3,(H,25,27)(H,28,29). The van der Waals surface area contributed by atoms with Crippen molar-refractivity contribution >= 4 is 52.1 Å². The minimum Gasteiger partial charge on any atom is -0.487 e. The maximum atomic E-state index is 11.4. The number of hydrogen-bond acceptors (Lipinski definition) is 4. The van der Waals surface area contributed by atoms with Crippen molar-refractivity contribution in [2.75, 3.05) is 10.6 Å². The molecule has 0 fully saturated rings. The van der Waals surface area contributed by atoms with Crippen molar-refractivity contribution in [2.24, 2.45) is 0 Å². The van der Waals surface area contributed by atoms with Gasteiger partial charge in [0.05, 0.1) is 22.0 Å².